The highest BCUT2D eigenvalue weighted by atomic mass is 16.6. The Bertz CT molecular complexity index is 441. The first-order chi connectivity index (χ1) is 9.65. The van der Waals surface area contributed by atoms with Crippen LogP contribution < -0.4 is 5.73 Å². The number of benzene rings is 1. The minimum atomic E-state index is -0.374. The number of hydrogen-bond donors (Lipinski definition) is 1. The third-order valence-corrected chi connectivity index (χ3v) is 4.01. The Labute approximate surface area is 119 Å². The first-order valence-corrected chi connectivity index (χ1v) is 7.06. The first-order valence-electron chi connectivity index (χ1n) is 7.06. The van der Waals surface area contributed by atoms with E-state index in [2.05, 4.69) is 16.7 Å². The molecule has 0 bridgehead atoms. The Morgan fingerprint density at radius 1 is 1.25 bits per heavy atom. The third-order valence-electron chi connectivity index (χ3n) is 4.01. The van der Waals surface area contributed by atoms with Gasteiger partial charge in [0.15, 0.2) is 0 Å². The number of non-ortho nitro benzene ring substituents is 1. The van der Waals surface area contributed by atoms with Crippen LogP contribution in [0, 0.1) is 10.1 Å². The molecule has 1 aliphatic heterocycles. The zero-order valence-corrected chi connectivity index (χ0v) is 11.9. The standard InChI is InChI=1S/C14H22N4O2/c1-2-16-7-9-17(10-8-16)14(11-15)12-3-5-13(6-4-12)18(19)20/h3-6,14H,2,7-11,15H2,1H3. The van der Waals surface area contributed by atoms with Crippen LogP contribution in [0.4, 0.5) is 5.69 Å². The van der Waals surface area contributed by atoms with Crippen molar-refractivity contribution < 1.29 is 4.92 Å². The molecule has 6 nitrogen and oxygen atoms in total. The number of nitrogens with two attached hydrogens (primary N) is 1. The Morgan fingerprint density at radius 3 is 2.30 bits per heavy atom. The fourth-order valence-corrected chi connectivity index (χ4v) is 2.71. The number of rotatable bonds is 5. The minimum Gasteiger partial charge on any atom is -0.329 e. The van der Waals surface area contributed by atoms with Gasteiger partial charge in [0, 0.05) is 50.9 Å². The number of nitro benzene ring substituents is 1. The molecule has 1 aliphatic rings. The van der Waals surface area contributed by atoms with Gasteiger partial charge in [0.2, 0.25) is 0 Å². The minimum absolute atomic E-state index is 0.125. The Morgan fingerprint density at radius 2 is 1.85 bits per heavy atom. The summed E-state index contributed by atoms with van der Waals surface area (Å²) >= 11 is 0. The smallest absolute Gasteiger partial charge is 0.269 e. The van der Waals surface area contributed by atoms with Crippen molar-refractivity contribution in [1.29, 1.82) is 0 Å². The summed E-state index contributed by atoms with van der Waals surface area (Å²) in [4.78, 5) is 15.1. The highest BCUT2D eigenvalue weighted by Gasteiger charge is 2.23. The number of piperazine rings is 1. The van der Waals surface area contributed by atoms with Gasteiger partial charge >= 0.3 is 0 Å². The number of nitrogens with zero attached hydrogens (tertiary/aromatic N) is 3. The first kappa shape index (κ1) is 14.9. The lowest BCUT2D eigenvalue weighted by Crippen LogP contribution is -2.48. The van der Waals surface area contributed by atoms with Crippen molar-refractivity contribution >= 4 is 5.69 Å². The van der Waals surface area contributed by atoms with Gasteiger partial charge in [0.05, 0.1) is 4.92 Å². The number of nitro groups is 1. The van der Waals surface area contributed by atoms with Crippen molar-refractivity contribution in [3.63, 3.8) is 0 Å². The van der Waals surface area contributed by atoms with E-state index in [1.165, 1.54) is 0 Å². The van der Waals surface area contributed by atoms with Crippen molar-refractivity contribution in [1.82, 2.24) is 9.80 Å². The zero-order chi connectivity index (χ0) is 14.5. The molecule has 0 radical (unpaired) electrons. The van der Waals surface area contributed by atoms with Crippen molar-refractivity contribution in [2.24, 2.45) is 5.73 Å². The van der Waals surface area contributed by atoms with Crippen molar-refractivity contribution in [2.45, 2.75) is 13.0 Å². The SMILES string of the molecule is CCN1CCN(C(CN)c2ccc([N+](=O)[O-])cc2)CC1. The molecule has 0 saturated carbocycles. The van der Waals surface area contributed by atoms with Crippen LogP contribution in [0.25, 0.3) is 0 Å². The second kappa shape index (κ2) is 6.78. The molecular formula is C14H22N4O2. The van der Waals surface area contributed by atoms with E-state index in [4.69, 9.17) is 5.73 Å². The van der Waals surface area contributed by atoms with Gasteiger partial charge in [-0.25, -0.2) is 0 Å². The van der Waals surface area contributed by atoms with Crippen LogP contribution in [0.5, 0.6) is 0 Å². The average molecular weight is 278 g/mol. The van der Waals surface area contributed by atoms with E-state index >= 15 is 0 Å². The molecule has 1 aromatic carbocycles. The molecule has 2 N–H and O–H groups in total. The molecule has 110 valence electrons. The summed E-state index contributed by atoms with van der Waals surface area (Å²) < 4.78 is 0. The lowest BCUT2D eigenvalue weighted by Gasteiger charge is -2.38. The molecular weight excluding hydrogens is 256 g/mol. The van der Waals surface area contributed by atoms with Crippen LogP contribution in [0.15, 0.2) is 24.3 Å². The molecule has 1 atom stereocenters. The normalized spacial score (nSPS) is 18.9. The van der Waals surface area contributed by atoms with Crippen molar-refractivity contribution in [3.8, 4) is 0 Å². The van der Waals surface area contributed by atoms with E-state index in [-0.39, 0.29) is 16.7 Å². The maximum absolute atomic E-state index is 10.7. The number of hydrogen-bond acceptors (Lipinski definition) is 5. The predicted molar refractivity (Wildman–Crippen MR) is 78.6 cm³/mol. The van der Waals surface area contributed by atoms with Crippen LogP contribution in [0.1, 0.15) is 18.5 Å². The van der Waals surface area contributed by atoms with Crippen molar-refractivity contribution in [3.05, 3.63) is 39.9 Å². The average Bonchev–Trinajstić information content (AvgIpc) is 2.49. The topological polar surface area (TPSA) is 75.6 Å². The van der Waals surface area contributed by atoms with Gasteiger partial charge in [-0.05, 0) is 12.1 Å². The molecule has 20 heavy (non-hydrogen) atoms. The number of likely N-dealkylation sites (N-methyl/N-ethyl adjacent to an activating group) is 1. The summed E-state index contributed by atoms with van der Waals surface area (Å²) in [5, 5.41) is 10.7. The second-order valence-electron chi connectivity index (χ2n) is 5.07. The molecule has 0 aliphatic carbocycles. The fraction of sp³-hybridized carbons (Fsp3) is 0.571. The van der Waals surface area contributed by atoms with E-state index in [0.29, 0.717) is 6.54 Å². The lowest BCUT2D eigenvalue weighted by molar-refractivity contribution is -0.384. The van der Waals surface area contributed by atoms with Gasteiger partial charge < -0.3 is 10.6 Å². The van der Waals surface area contributed by atoms with Gasteiger partial charge in [0.25, 0.3) is 5.69 Å². The van der Waals surface area contributed by atoms with Crippen molar-refractivity contribution in [2.75, 3.05) is 39.3 Å². The van der Waals surface area contributed by atoms with E-state index < -0.39 is 0 Å². The quantitative estimate of drug-likeness (QED) is 0.647. The predicted octanol–water partition coefficient (Wildman–Crippen LogP) is 1.23. The van der Waals surface area contributed by atoms with E-state index in [9.17, 15) is 10.1 Å². The maximum Gasteiger partial charge on any atom is 0.269 e. The zero-order valence-electron chi connectivity index (χ0n) is 11.9. The summed E-state index contributed by atoms with van der Waals surface area (Å²) in [6, 6.07) is 6.90. The molecule has 1 saturated heterocycles. The van der Waals surface area contributed by atoms with Crippen LogP contribution >= 0.6 is 0 Å². The van der Waals surface area contributed by atoms with Gasteiger partial charge in [-0.3, -0.25) is 15.0 Å². The fourth-order valence-electron chi connectivity index (χ4n) is 2.71. The molecule has 1 aromatic rings. The van der Waals surface area contributed by atoms with E-state index in [1.54, 1.807) is 12.1 Å². The molecule has 0 spiro atoms. The highest BCUT2D eigenvalue weighted by molar-refractivity contribution is 5.34. The van der Waals surface area contributed by atoms with Gasteiger partial charge in [-0.1, -0.05) is 19.1 Å². The summed E-state index contributed by atoms with van der Waals surface area (Å²) in [5.41, 5.74) is 7.10. The van der Waals surface area contributed by atoms with Gasteiger partial charge in [0.1, 0.15) is 0 Å². The largest absolute Gasteiger partial charge is 0.329 e. The Balaban J connectivity index is 2.06. The van der Waals surface area contributed by atoms with Gasteiger partial charge in [-0.2, -0.15) is 0 Å². The van der Waals surface area contributed by atoms with Crippen LogP contribution in [0.2, 0.25) is 0 Å². The molecule has 6 heteroatoms. The monoisotopic (exact) mass is 278 g/mol. The Kier molecular flexibility index (Phi) is 5.05. The Hall–Kier alpha value is -1.50. The third kappa shape index (κ3) is 3.33. The highest BCUT2D eigenvalue weighted by Crippen LogP contribution is 2.23. The molecule has 0 aromatic heterocycles. The maximum atomic E-state index is 10.7. The summed E-state index contributed by atoms with van der Waals surface area (Å²) in [7, 11) is 0. The summed E-state index contributed by atoms with van der Waals surface area (Å²) in [5.74, 6) is 0. The molecule has 1 heterocycles. The molecule has 0 amide bonds. The molecule has 1 fully saturated rings. The van der Waals surface area contributed by atoms with Gasteiger partial charge in [-0.15, -0.1) is 0 Å². The van der Waals surface area contributed by atoms with Crippen LogP contribution in [-0.4, -0.2) is 54.0 Å². The lowest BCUT2D eigenvalue weighted by atomic mass is 10.0. The summed E-state index contributed by atoms with van der Waals surface area (Å²) in [6.45, 7) is 7.88. The molecule has 2 rings (SSSR count). The van der Waals surface area contributed by atoms with E-state index in [1.807, 2.05) is 12.1 Å². The van der Waals surface area contributed by atoms with Crippen LogP contribution in [0.3, 0.4) is 0 Å². The summed E-state index contributed by atoms with van der Waals surface area (Å²) in [6.07, 6.45) is 0. The second-order valence-corrected chi connectivity index (χ2v) is 5.07. The van der Waals surface area contributed by atoms with Crippen LogP contribution in [-0.2, 0) is 0 Å². The van der Waals surface area contributed by atoms with E-state index in [0.717, 1.165) is 38.3 Å². The molecule has 1 unspecified atom stereocenters.